The van der Waals surface area contributed by atoms with E-state index in [1.807, 2.05) is 6.07 Å². The van der Waals surface area contributed by atoms with E-state index in [0.717, 1.165) is 18.5 Å². The van der Waals surface area contributed by atoms with Crippen LogP contribution in [-0.4, -0.2) is 0 Å². The van der Waals surface area contributed by atoms with E-state index >= 15 is 0 Å². The van der Waals surface area contributed by atoms with Gasteiger partial charge in [-0.05, 0) is 88.5 Å². The standard InChI is InChI=1S/C25H31N/c1-24(2)12-13-25(3,4)23-15-17(8-11-22(23)24)14-18-6-5-7-19-16-20(26)9-10-21(18)19/h8-11,14-16H,5-7,12-13,26H2,1-4H3/b18-14-. The quantitative estimate of drug-likeness (QED) is 0.587. The maximum absolute atomic E-state index is 5.99. The summed E-state index contributed by atoms with van der Waals surface area (Å²) in [5, 5.41) is 0. The van der Waals surface area contributed by atoms with Crippen LogP contribution in [0.25, 0.3) is 11.6 Å². The summed E-state index contributed by atoms with van der Waals surface area (Å²) in [5.74, 6) is 0. The number of benzene rings is 2. The van der Waals surface area contributed by atoms with E-state index in [-0.39, 0.29) is 10.8 Å². The molecule has 2 aliphatic rings. The highest BCUT2D eigenvalue weighted by Crippen LogP contribution is 2.46. The Labute approximate surface area is 158 Å². The topological polar surface area (TPSA) is 26.0 Å². The van der Waals surface area contributed by atoms with Crippen molar-refractivity contribution in [3.8, 4) is 0 Å². The summed E-state index contributed by atoms with van der Waals surface area (Å²) >= 11 is 0. The van der Waals surface area contributed by atoms with E-state index in [1.54, 1.807) is 0 Å². The van der Waals surface area contributed by atoms with Gasteiger partial charge in [-0.3, -0.25) is 0 Å². The van der Waals surface area contributed by atoms with Gasteiger partial charge in [0.2, 0.25) is 0 Å². The van der Waals surface area contributed by atoms with E-state index in [1.165, 1.54) is 52.7 Å². The van der Waals surface area contributed by atoms with Crippen molar-refractivity contribution in [2.45, 2.75) is 70.6 Å². The molecule has 1 heteroatoms. The molecule has 0 bridgehead atoms. The highest BCUT2D eigenvalue weighted by Gasteiger charge is 2.36. The SMILES string of the molecule is CC1(C)CCC(C)(C)c2cc(/C=C3/CCCc4cc(N)ccc43)ccc21. The Hall–Kier alpha value is -2.02. The monoisotopic (exact) mass is 345 g/mol. The first-order valence-electron chi connectivity index (χ1n) is 10.0. The van der Waals surface area contributed by atoms with Crippen LogP contribution in [0, 0.1) is 0 Å². The Kier molecular flexibility index (Phi) is 4.02. The summed E-state index contributed by atoms with van der Waals surface area (Å²) in [4.78, 5) is 0. The molecule has 0 aliphatic heterocycles. The molecule has 0 radical (unpaired) electrons. The van der Waals surface area contributed by atoms with E-state index < -0.39 is 0 Å². The summed E-state index contributed by atoms with van der Waals surface area (Å²) in [6, 6.07) is 13.6. The molecule has 0 amide bonds. The van der Waals surface area contributed by atoms with Gasteiger partial charge in [0.25, 0.3) is 0 Å². The van der Waals surface area contributed by atoms with Gasteiger partial charge in [-0.25, -0.2) is 0 Å². The lowest BCUT2D eigenvalue weighted by molar-refractivity contribution is 0.332. The summed E-state index contributed by atoms with van der Waals surface area (Å²) in [6.07, 6.45) is 8.45. The van der Waals surface area contributed by atoms with Crippen LogP contribution in [-0.2, 0) is 17.3 Å². The van der Waals surface area contributed by atoms with Crippen LogP contribution in [0.3, 0.4) is 0 Å². The Balaban J connectivity index is 1.79. The van der Waals surface area contributed by atoms with Crippen LogP contribution in [0.1, 0.15) is 81.2 Å². The second-order valence-electron chi connectivity index (χ2n) is 9.51. The van der Waals surface area contributed by atoms with Gasteiger partial charge < -0.3 is 5.73 Å². The molecule has 136 valence electrons. The van der Waals surface area contributed by atoms with Crippen molar-refractivity contribution in [1.29, 1.82) is 0 Å². The number of nitrogens with two attached hydrogens (primary N) is 1. The second kappa shape index (κ2) is 6.01. The number of aryl methyl sites for hydroxylation is 1. The number of rotatable bonds is 1. The molecule has 26 heavy (non-hydrogen) atoms. The van der Waals surface area contributed by atoms with Crippen LogP contribution in [0.2, 0.25) is 0 Å². The molecule has 2 aromatic carbocycles. The van der Waals surface area contributed by atoms with Gasteiger partial charge in [-0.1, -0.05) is 58.0 Å². The third kappa shape index (κ3) is 2.98. The number of hydrogen-bond acceptors (Lipinski definition) is 1. The van der Waals surface area contributed by atoms with E-state index in [2.05, 4.69) is 64.1 Å². The Morgan fingerprint density at radius 1 is 0.846 bits per heavy atom. The summed E-state index contributed by atoms with van der Waals surface area (Å²) < 4.78 is 0. The molecule has 4 rings (SSSR count). The number of nitrogen functional groups attached to an aromatic ring is 1. The van der Waals surface area contributed by atoms with Crippen molar-refractivity contribution in [2.24, 2.45) is 0 Å². The summed E-state index contributed by atoms with van der Waals surface area (Å²) in [5.41, 5.74) is 16.1. The zero-order chi connectivity index (χ0) is 18.5. The van der Waals surface area contributed by atoms with Crippen molar-refractivity contribution in [3.63, 3.8) is 0 Å². The number of hydrogen-bond donors (Lipinski definition) is 1. The third-order valence-corrected chi connectivity index (χ3v) is 6.59. The number of fused-ring (bicyclic) bond motifs is 2. The molecule has 2 aromatic rings. The number of allylic oxidation sites excluding steroid dienone is 1. The van der Waals surface area contributed by atoms with E-state index in [0.29, 0.717) is 0 Å². The molecule has 0 saturated heterocycles. The number of anilines is 1. The zero-order valence-electron chi connectivity index (χ0n) is 16.7. The van der Waals surface area contributed by atoms with Crippen molar-refractivity contribution in [2.75, 3.05) is 5.73 Å². The minimum absolute atomic E-state index is 0.262. The molecule has 0 spiro atoms. The van der Waals surface area contributed by atoms with Crippen LogP contribution in [0.5, 0.6) is 0 Å². The molecule has 0 saturated carbocycles. The van der Waals surface area contributed by atoms with Crippen molar-refractivity contribution >= 4 is 17.3 Å². The second-order valence-corrected chi connectivity index (χ2v) is 9.51. The van der Waals surface area contributed by atoms with Gasteiger partial charge in [-0.15, -0.1) is 0 Å². The molecule has 0 fully saturated rings. The highest BCUT2D eigenvalue weighted by molar-refractivity contribution is 5.84. The van der Waals surface area contributed by atoms with Crippen LogP contribution < -0.4 is 5.73 Å². The van der Waals surface area contributed by atoms with Gasteiger partial charge in [0.05, 0.1) is 0 Å². The minimum Gasteiger partial charge on any atom is -0.399 e. The Bertz CT molecular complexity index is 883. The highest BCUT2D eigenvalue weighted by atomic mass is 14.5. The molecular weight excluding hydrogens is 314 g/mol. The molecule has 2 N–H and O–H groups in total. The van der Waals surface area contributed by atoms with Crippen LogP contribution >= 0.6 is 0 Å². The average Bonchev–Trinajstić information content (AvgIpc) is 2.59. The van der Waals surface area contributed by atoms with Gasteiger partial charge in [-0.2, -0.15) is 0 Å². The maximum atomic E-state index is 5.99. The molecule has 0 unspecified atom stereocenters. The summed E-state index contributed by atoms with van der Waals surface area (Å²) in [6.45, 7) is 9.58. The predicted octanol–water partition coefficient (Wildman–Crippen LogP) is 6.49. The first kappa shape index (κ1) is 17.4. The van der Waals surface area contributed by atoms with Crippen LogP contribution in [0.4, 0.5) is 5.69 Å². The lowest BCUT2D eigenvalue weighted by Gasteiger charge is -2.42. The normalized spacial score (nSPS) is 21.9. The zero-order valence-corrected chi connectivity index (χ0v) is 16.7. The molecule has 0 atom stereocenters. The lowest BCUT2D eigenvalue weighted by Crippen LogP contribution is -2.33. The van der Waals surface area contributed by atoms with Crippen molar-refractivity contribution in [3.05, 3.63) is 64.2 Å². The predicted molar refractivity (Wildman–Crippen MR) is 113 cm³/mol. The Morgan fingerprint density at radius 3 is 2.35 bits per heavy atom. The van der Waals surface area contributed by atoms with E-state index in [9.17, 15) is 0 Å². The third-order valence-electron chi connectivity index (χ3n) is 6.59. The maximum Gasteiger partial charge on any atom is 0.0317 e. The van der Waals surface area contributed by atoms with Gasteiger partial charge in [0.15, 0.2) is 0 Å². The van der Waals surface area contributed by atoms with E-state index in [4.69, 9.17) is 5.73 Å². The minimum atomic E-state index is 0.262. The lowest BCUT2D eigenvalue weighted by atomic mass is 9.63. The molecule has 0 heterocycles. The van der Waals surface area contributed by atoms with Gasteiger partial charge >= 0.3 is 0 Å². The largest absolute Gasteiger partial charge is 0.399 e. The van der Waals surface area contributed by atoms with Gasteiger partial charge in [0.1, 0.15) is 0 Å². The van der Waals surface area contributed by atoms with Gasteiger partial charge in [0, 0.05) is 5.69 Å². The smallest absolute Gasteiger partial charge is 0.0317 e. The Morgan fingerprint density at radius 2 is 1.58 bits per heavy atom. The molecular formula is C25H31N. The first-order valence-corrected chi connectivity index (χ1v) is 10.0. The molecule has 0 aromatic heterocycles. The van der Waals surface area contributed by atoms with Crippen LogP contribution in [0.15, 0.2) is 36.4 Å². The van der Waals surface area contributed by atoms with Crippen molar-refractivity contribution < 1.29 is 0 Å². The molecule has 1 nitrogen and oxygen atoms in total. The molecule has 2 aliphatic carbocycles. The first-order chi connectivity index (χ1) is 12.3. The fraction of sp³-hybridized carbons (Fsp3) is 0.440. The average molecular weight is 346 g/mol. The fourth-order valence-corrected chi connectivity index (χ4v) is 4.78. The summed E-state index contributed by atoms with van der Waals surface area (Å²) in [7, 11) is 0. The van der Waals surface area contributed by atoms with Crippen molar-refractivity contribution in [1.82, 2.24) is 0 Å². The fourth-order valence-electron chi connectivity index (χ4n) is 4.78.